The van der Waals surface area contributed by atoms with Gasteiger partial charge in [-0.05, 0) is 29.1 Å². The summed E-state index contributed by atoms with van der Waals surface area (Å²) in [6.45, 7) is 6.73. The lowest BCUT2D eigenvalue weighted by Crippen LogP contribution is -2.16. The average molecular weight is 366 g/mol. The molecular formula is C25H23NSi. The monoisotopic (exact) mass is 365 g/mol. The minimum atomic E-state index is -1.44. The summed E-state index contributed by atoms with van der Waals surface area (Å²) in [5.74, 6) is 6.62. The molecule has 0 aliphatic heterocycles. The number of rotatable bonds is 3. The van der Waals surface area contributed by atoms with Crippen molar-refractivity contribution in [2.45, 2.75) is 19.6 Å². The van der Waals surface area contributed by atoms with Crippen LogP contribution < -0.4 is 0 Å². The van der Waals surface area contributed by atoms with E-state index in [-0.39, 0.29) is 0 Å². The summed E-state index contributed by atoms with van der Waals surface area (Å²) in [5.41, 5.74) is 8.40. The van der Waals surface area contributed by atoms with Gasteiger partial charge in [0, 0.05) is 0 Å². The van der Waals surface area contributed by atoms with Gasteiger partial charge in [0.1, 0.15) is 8.07 Å². The molecule has 27 heavy (non-hydrogen) atoms. The van der Waals surface area contributed by atoms with Gasteiger partial charge in [-0.25, -0.2) is 4.99 Å². The molecule has 0 aliphatic rings. The number of benzene rings is 3. The maximum atomic E-state index is 4.69. The molecule has 0 bridgehead atoms. The van der Waals surface area contributed by atoms with Gasteiger partial charge in [-0.3, -0.25) is 0 Å². The zero-order valence-electron chi connectivity index (χ0n) is 16.0. The molecule has 0 heterocycles. The van der Waals surface area contributed by atoms with Gasteiger partial charge in [-0.2, -0.15) is 0 Å². The normalized spacial score (nSPS) is 10.3. The number of hydrogen-bond acceptors (Lipinski definition) is 1. The third kappa shape index (κ3) is 5.43. The van der Waals surface area contributed by atoms with E-state index in [2.05, 4.69) is 66.2 Å². The van der Waals surface area contributed by atoms with E-state index in [1.54, 1.807) is 0 Å². The molecule has 0 unspecified atom stereocenters. The molecule has 0 aliphatic carbocycles. The van der Waals surface area contributed by atoms with Gasteiger partial charge in [-0.1, -0.05) is 98.4 Å². The lowest BCUT2D eigenvalue weighted by molar-refractivity contribution is 1.50. The molecule has 0 saturated carbocycles. The first-order valence-corrected chi connectivity index (χ1v) is 12.6. The van der Waals surface area contributed by atoms with Crippen LogP contribution in [0.2, 0.25) is 19.6 Å². The fourth-order valence-corrected chi connectivity index (χ4v) is 3.06. The van der Waals surface area contributed by atoms with E-state index in [1.165, 1.54) is 0 Å². The van der Waals surface area contributed by atoms with E-state index in [9.17, 15) is 0 Å². The van der Waals surface area contributed by atoms with Gasteiger partial charge in [0.25, 0.3) is 0 Å². The summed E-state index contributed by atoms with van der Waals surface area (Å²) in [6.07, 6.45) is 0. The molecule has 3 rings (SSSR count). The molecule has 3 aromatic rings. The van der Waals surface area contributed by atoms with E-state index < -0.39 is 8.07 Å². The zero-order valence-corrected chi connectivity index (χ0v) is 17.0. The highest BCUT2D eigenvalue weighted by Gasteiger charge is 2.08. The molecule has 0 amide bonds. The van der Waals surface area contributed by atoms with Crippen molar-refractivity contribution in [3.05, 3.63) is 102 Å². The van der Waals surface area contributed by atoms with E-state index in [0.717, 1.165) is 28.0 Å². The minimum absolute atomic E-state index is 0.854. The van der Waals surface area contributed by atoms with Crippen molar-refractivity contribution in [1.29, 1.82) is 0 Å². The van der Waals surface area contributed by atoms with Crippen molar-refractivity contribution in [3.8, 4) is 11.5 Å². The van der Waals surface area contributed by atoms with Gasteiger partial charge in [0.05, 0.1) is 16.8 Å². The lowest BCUT2D eigenvalue weighted by atomic mass is 9.99. The van der Waals surface area contributed by atoms with Gasteiger partial charge >= 0.3 is 0 Å². The molecule has 0 aromatic heterocycles. The SMILES string of the molecule is C[Si](C)(C)C#Cc1ccccc1N=C=C(c1ccccc1)c1ccccc1. The van der Waals surface area contributed by atoms with Crippen molar-refractivity contribution in [3.63, 3.8) is 0 Å². The molecule has 0 fully saturated rings. The minimum Gasteiger partial charge on any atom is -0.204 e. The third-order valence-corrected chi connectivity index (χ3v) is 4.76. The van der Waals surface area contributed by atoms with Crippen LogP contribution in [0.15, 0.2) is 89.9 Å². The highest BCUT2D eigenvalue weighted by Crippen LogP contribution is 2.22. The summed E-state index contributed by atoms with van der Waals surface area (Å²) in [6, 6.07) is 28.5. The predicted octanol–water partition coefficient (Wildman–Crippen LogP) is 6.35. The maximum Gasteiger partial charge on any atom is 0.129 e. The number of nitrogens with zero attached hydrogens (tertiary/aromatic N) is 1. The Morgan fingerprint density at radius 1 is 0.704 bits per heavy atom. The largest absolute Gasteiger partial charge is 0.204 e. The Morgan fingerprint density at radius 2 is 1.22 bits per heavy atom. The summed E-state index contributed by atoms with van der Waals surface area (Å²) in [7, 11) is -1.44. The number of para-hydroxylation sites is 1. The van der Waals surface area contributed by atoms with E-state index >= 15 is 0 Å². The molecule has 3 aromatic carbocycles. The molecule has 0 N–H and O–H groups in total. The Hall–Kier alpha value is -3.11. The smallest absolute Gasteiger partial charge is 0.129 e. The van der Waals surface area contributed by atoms with Crippen LogP contribution in [-0.2, 0) is 0 Å². The quantitative estimate of drug-likeness (QED) is 0.291. The third-order valence-electron chi connectivity index (χ3n) is 3.89. The Bertz CT molecular complexity index is 985. The molecule has 2 heteroatoms. The first kappa shape index (κ1) is 18.7. The number of hydrogen-bond donors (Lipinski definition) is 0. The van der Waals surface area contributed by atoms with Crippen LogP contribution in [0.5, 0.6) is 0 Å². The molecule has 0 radical (unpaired) electrons. The fraction of sp³-hybridized carbons (Fsp3) is 0.120. The van der Waals surface area contributed by atoms with Gasteiger partial charge in [-0.15, -0.1) is 5.54 Å². The van der Waals surface area contributed by atoms with E-state index in [4.69, 9.17) is 0 Å². The van der Waals surface area contributed by atoms with Crippen LogP contribution in [0.3, 0.4) is 0 Å². The van der Waals surface area contributed by atoms with Gasteiger partial charge in [0.2, 0.25) is 0 Å². The Labute approximate surface area is 163 Å². The summed E-state index contributed by atoms with van der Waals surface area (Å²) >= 11 is 0. The van der Waals surface area contributed by atoms with Gasteiger partial charge < -0.3 is 0 Å². The maximum absolute atomic E-state index is 4.69. The molecule has 0 atom stereocenters. The second kappa shape index (κ2) is 8.51. The average Bonchev–Trinajstić information content (AvgIpc) is 2.68. The summed E-state index contributed by atoms with van der Waals surface area (Å²) in [4.78, 5) is 4.69. The lowest BCUT2D eigenvalue weighted by Gasteiger charge is -2.05. The van der Waals surface area contributed by atoms with Crippen LogP contribution in [0, 0.1) is 11.5 Å². The van der Waals surface area contributed by atoms with E-state index in [0.29, 0.717) is 0 Å². The molecule has 1 nitrogen and oxygen atoms in total. The van der Waals surface area contributed by atoms with Crippen molar-refractivity contribution >= 4 is 25.2 Å². The standard InChI is InChI=1S/C25H23NSi/c1-27(2,3)19-18-23-16-10-11-17-25(23)26-20-24(21-12-6-4-7-13-21)22-14-8-5-9-15-22/h4-17H,1-3H3. The van der Waals surface area contributed by atoms with E-state index in [1.807, 2.05) is 60.7 Å². The van der Waals surface area contributed by atoms with Crippen LogP contribution >= 0.6 is 0 Å². The van der Waals surface area contributed by atoms with Crippen LogP contribution in [0.4, 0.5) is 5.69 Å². The first-order chi connectivity index (χ1) is 13.0. The topological polar surface area (TPSA) is 12.4 Å². The fourth-order valence-electron chi connectivity index (χ4n) is 2.55. The second-order valence-electron chi connectivity index (χ2n) is 7.35. The van der Waals surface area contributed by atoms with Crippen LogP contribution in [0.25, 0.3) is 5.57 Å². The van der Waals surface area contributed by atoms with Crippen molar-refractivity contribution < 1.29 is 0 Å². The van der Waals surface area contributed by atoms with Crippen LogP contribution in [0.1, 0.15) is 16.7 Å². The van der Waals surface area contributed by atoms with Crippen molar-refractivity contribution in [1.82, 2.24) is 0 Å². The first-order valence-electron chi connectivity index (χ1n) is 9.10. The number of aliphatic imine (C=N–C) groups is 1. The summed E-state index contributed by atoms with van der Waals surface area (Å²) < 4.78 is 0. The van der Waals surface area contributed by atoms with Crippen molar-refractivity contribution in [2.24, 2.45) is 4.99 Å². The predicted molar refractivity (Wildman–Crippen MR) is 119 cm³/mol. The molecular weight excluding hydrogens is 342 g/mol. The highest BCUT2D eigenvalue weighted by atomic mass is 28.3. The van der Waals surface area contributed by atoms with Crippen LogP contribution in [-0.4, -0.2) is 13.9 Å². The zero-order chi connectivity index (χ0) is 19.1. The molecule has 0 saturated heterocycles. The van der Waals surface area contributed by atoms with Gasteiger partial charge in [0.15, 0.2) is 0 Å². The Balaban J connectivity index is 2.12. The van der Waals surface area contributed by atoms with Crippen molar-refractivity contribution in [2.75, 3.05) is 0 Å². The summed E-state index contributed by atoms with van der Waals surface area (Å²) in [5, 5.41) is 0. The Kier molecular flexibility index (Phi) is 5.89. The molecule has 0 spiro atoms. The second-order valence-corrected chi connectivity index (χ2v) is 12.1. The molecule has 132 valence electrons. The highest BCUT2D eigenvalue weighted by molar-refractivity contribution is 6.83. The Morgan fingerprint density at radius 3 is 1.78 bits per heavy atom.